The summed E-state index contributed by atoms with van der Waals surface area (Å²) in [5.41, 5.74) is 4.11. The van der Waals surface area contributed by atoms with E-state index in [-0.39, 0.29) is 17.9 Å². The van der Waals surface area contributed by atoms with Gasteiger partial charge in [0.2, 0.25) is 0 Å². The van der Waals surface area contributed by atoms with Gasteiger partial charge >= 0.3 is 17.8 Å². The van der Waals surface area contributed by atoms with E-state index in [0.29, 0.717) is 26.2 Å². The average Bonchev–Trinajstić information content (AvgIpc) is 2.76. The highest BCUT2D eigenvalue weighted by atomic mass is 16.5. The number of amides is 2. The summed E-state index contributed by atoms with van der Waals surface area (Å²) >= 11 is 0. The maximum absolute atomic E-state index is 12.7. The zero-order chi connectivity index (χ0) is 21.7. The Bertz CT molecular complexity index is 949. The molecule has 2 aromatic rings. The van der Waals surface area contributed by atoms with Crippen molar-refractivity contribution in [3.05, 3.63) is 59.2 Å². The molecule has 0 aliphatic carbocycles. The van der Waals surface area contributed by atoms with Gasteiger partial charge < -0.3 is 19.9 Å². The van der Waals surface area contributed by atoms with Crippen molar-refractivity contribution in [2.75, 3.05) is 43.0 Å². The second-order valence-corrected chi connectivity index (χ2v) is 7.22. The van der Waals surface area contributed by atoms with Crippen LogP contribution in [-0.2, 0) is 14.3 Å². The SMILES string of the molecule is CCOC(=O)c1ccccc1NC(=O)C(=O)N1CCN(c2cccc(C)c2C)CC1. The van der Waals surface area contributed by atoms with Crippen LogP contribution in [0.2, 0.25) is 0 Å². The van der Waals surface area contributed by atoms with Crippen LogP contribution in [0, 0.1) is 13.8 Å². The summed E-state index contributed by atoms with van der Waals surface area (Å²) in [4.78, 5) is 41.0. The Kier molecular flexibility index (Phi) is 6.72. The molecule has 0 spiro atoms. The number of benzene rings is 2. The summed E-state index contributed by atoms with van der Waals surface area (Å²) < 4.78 is 5.01. The molecule has 0 unspecified atom stereocenters. The van der Waals surface area contributed by atoms with Gasteiger partial charge in [-0.3, -0.25) is 9.59 Å². The molecule has 2 amide bonds. The molecule has 0 radical (unpaired) electrons. The molecule has 0 saturated carbocycles. The van der Waals surface area contributed by atoms with Gasteiger partial charge in [-0.15, -0.1) is 0 Å². The van der Waals surface area contributed by atoms with Crippen LogP contribution in [0.4, 0.5) is 11.4 Å². The van der Waals surface area contributed by atoms with Gasteiger partial charge in [0.1, 0.15) is 0 Å². The van der Waals surface area contributed by atoms with Gasteiger partial charge in [-0.05, 0) is 50.1 Å². The van der Waals surface area contributed by atoms with Crippen LogP contribution in [-0.4, -0.2) is 55.5 Å². The van der Waals surface area contributed by atoms with E-state index in [1.165, 1.54) is 11.1 Å². The van der Waals surface area contributed by atoms with Crippen molar-refractivity contribution in [3.63, 3.8) is 0 Å². The second-order valence-electron chi connectivity index (χ2n) is 7.22. The highest BCUT2D eigenvalue weighted by Crippen LogP contribution is 2.24. The van der Waals surface area contributed by atoms with Crippen molar-refractivity contribution in [1.82, 2.24) is 4.90 Å². The standard InChI is InChI=1S/C23H27N3O4/c1-4-30-23(29)18-9-5-6-10-19(18)24-21(27)22(28)26-14-12-25(13-15-26)20-11-7-8-16(2)17(20)3/h5-11H,4,12-15H2,1-3H3,(H,24,27). The third-order valence-corrected chi connectivity index (χ3v) is 5.35. The molecule has 1 saturated heterocycles. The highest BCUT2D eigenvalue weighted by molar-refractivity contribution is 6.39. The van der Waals surface area contributed by atoms with Crippen LogP contribution in [0.5, 0.6) is 0 Å². The van der Waals surface area contributed by atoms with E-state index in [2.05, 4.69) is 36.2 Å². The van der Waals surface area contributed by atoms with Crippen LogP contribution in [0.1, 0.15) is 28.4 Å². The Morgan fingerprint density at radius 3 is 2.37 bits per heavy atom. The fraction of sp³-hybridized carbons (Fsp3) is 0.348. The summed E-state index contributed by atoms with van der Waals surface area (Å²) in [7, 11) is 0. The van der Waals surface area contributed by atoms with Gasteiger partial charge in [0, 0.05) is 31.9 Å². The Morgan fingerprint density at radius 2 is 1.67 bits per heavy atom. The van der Waals surface area contributed by atoms with Crippen LogP contribution < -0.4 is 10.2 Å². The molecule has 7 nitrogen and oxygen atoms in total. The predicted molar refractivity (Wildman–Crippen MR) is 116 cm³/mol. The zero-order valence-corrected chi connectivity index (χ0v) is 17.6. The second kappa shape index (κ2) is 9.43. The number of para-hydroxylation sites is 1. The lowest BCUT2D eigenvalue weighted by Crippen LogP contribution is -2.51. The molecule has 0 bridgehead atoms. The van der Waals surface area contributed by atoms with E-state index in [9.17, 15) is 14.4 Å². The van der Waals surface area contributed by atoms with Gasteiger partial charge in [0.05, 0.1) is 17.9 Å². The first kappa shape index (κ1) is 21.4. The Labute approximate surface area is 176 Å². The van der Waals surface area contributed by atoms with Gasteiger partial charge in [0.25, 0.3) is 0 Å². The lowest BCUT2D eigenvalue weighted by Gasteiger charge is -2.36. The van der Waals surface area contributed by atoms with Crippen molar-refractivity contribution in [2.24, 2.45) is 0 Å². The smallest absolute Gasteiger partial charge is 0.340 e. The molecule has 2 aromatic carbocycles. The van der Waals surface area contributed by atoms with Crippen molar-refractivity contribution in [2.45, 2.75) is 20.8 Å². The summed E-state index contributed by atoms with van der Waals surface area (Å²) in [5.74, 6) is -1.90. The molecule has 1 N–H and O–H groups in total. The average molecular weight is 409 g/mol. The number of nitrogens with one attached hydrogen (secondary N) is 1. The Balaban J connectivity index is 1.63. The van der Waals surface area contributed by atoms with Crippen molar-refractivity contribution >= 4 is 29.2 Å². The molecule has 0 atom stereocenters. The number of hydrogen-bond donors (Lipinski definition) is 1. The topological polar surface area (TPSA) is 78.9 Å². The first-order chi connectivity index (χ1) is 14.4. The van der Waals surface area contributed by atoms with Crippen molar-refractivity contribution < 1.29 is 19.1 Å². The number of anilines is 2. The minimum absolute atomic E-state index is 0.222. The predicted octanol–water partition coefficient (Wildman–Crippen LogP) is 2.77. The lowest BCUT2D eigenvalue weighted by molar-refractivity contribution is -0.143. The number of piperazine rings is 1. The number of hydrogen-bond acceptors (Lipinski definition) is 5. The molecule has 3 rings (SSSR count). The fourth-order valence-electron chi connectivity index (χ4n) is 3.53. The molecular formula is C23H27N3O4. The molecule has 158 valence electrons. The van der Waals surface area contributed by atoms with Crippen molar-refractivity contribution in [1.29, 1.82) is 0 Å². The maximum atomic E-state index is 12.7. The molecule has 30 heavy (non-hydrogen) atoms. The van der Waals surface area contributed by atoms with E-state index >= 15 is 0 Å². The number of rotatable bonds is 4. The molecule has 7 heteroatoms. The van der Waals surface area contributed by atoms with E-state index < -0.39 is 17.8 Å². The van der Waals surface area contributed by atoms with E-state index in [1.807, 2.05) is 6.07 Å². The number of carbonyl (C=O) groups excluding carboxylic acids is 3. The number of ether oxygens (including phenoxy) is 1. The molecule has 1 aliphatic heterocycles. The summed E-state index contributed by atoms with van der Waals surface area (Å²) in [5, 5.41) is 2.56. The summed E-state index contributed by atoms with van der Waals surface area (Å²) in [6.45, 7) is 8.34. The summed E-state index contributed by atoms with van der Waals surface area (Å²) in [6.07, 6.45) is 0. The third-order valence-electron chi connectivity index (χ3n) is 5.35. The number of nitrogens with zero attached hydrogens (tertiary/aromatic N) is 2. The largest absolute Gasteiger partial charge is 0.462 e. The fourth-order valence-corrected chi connectivity index (χ4v) is 3.53. The Hall–Kier alpha value is -3.35. The van der Waals surface area contributed by atoms with E-state index in [1.54, 1.807) is 36.1 Å². The number of carbonyl (C=O) groups is 3. The normalized spacial score (nSPS) is 13.7. The molecule has 1 heterocycles. The number of esters is 1. The minimum Gasteiger partial charge on any atom is -0.462 e. The monoisotopic (exact) mass is 409 g/mol. The van der Waals surface area contributed by atoms with E-state index in [4.69, 9.17) is 4.74 Å². The lowest BCUT2D eigenvalue weighted by atomic mass is 10.1. The first-order valence-electron chi connectivity index (χ1n) is 10.1. The van der Waals surface area contributed by atoms with Gasteiger partial charge in [0.15, 0.2) is 0 Å². The maximum Gasteiger partial charge on any atom is 0.340 e. The number of aryl methyl sites for hydroxylation is 1. The quantitative estimate of drug-likeness (QED) is 0.621. The minimum atomic E-state index is -0.757. The molecule has 1 fully saturated rings. The molecular weight excluding hydrogens is 382 g/mol. The van der Waals surface area contributed by atoms with Crippen LogP contribution in [0.15, 0.2) is 42.5 Å². The van der Waals surface area contributed by atoms with Gasteiger partial charge in [-0.25, -0.2) is 4.79 Å². The summed E-state index contributed by atoms with van der Waals surface area (Å²) in [6, 6.07) is 12.7. The Morgan fingerprint density at radius 1 is 0.967 bits per heavy atom. The van der Waals surface area contributed by atoms with Crippen LogP contribution in [0.3, 0.4) is 0 Å². The van der Waals surface area contributed by atoms with Crippen molar-refractivity contribution in [3.8, 4) is 0 Å². The first-order valence-corrected chi connectivity index (χ1v) is 10.1. The van der Waals surface area contributed by atoms with Gasteiger partial charge in [-0.1, -0.05) is 24.3 Å². The molecule has 1 aliphatic rings. The zero-order valence-electron chi connectivity index (χ0n) is 17.6. The van der Waals surface area contributed by atoms with Crippen LogP contribution >= 0.6 is 0 Å². The van der Waals surface area contributed by atoms with Gasteiger partial charge in [-0.2, -0.15) is 0 Å². The third kappa shape index (κ3) is 4.62. The highest BCUT2D eigenvalue weighted by Gasteiger charge is 2.27. The van der Waals surface area contributed by atoms with E-state index in [0.717, 1.165) is 5.69 Å². The molecule has 0 aromatic heterocycles. The van der Waals surface area contributed by atoms with Crippen LogP contribution in [0.25, 0.3) is 0 Å².